The van der Waals surface area contributed by atoms with Crippen molar-refractivity contribution in [3.8, 4) is 6.07 Å². The lowest BCUT2D eigenvalue weighted by molar-refractivity contribution is -0.201. The molecule has 2 aliphatic heterocycles. The van der Waals surface area contributed by atoms with Gasteiger partial charge in [0.1, 0.15) is 35.8 Å². The lowest BCUT2D eigenvalue weighted by Gasteiger charge is -2.24. The van der Waals surface area contributed by atoms with Gasteiger partial charge in [-0.25, -0.2) is 4.68 Å². The fourth-order valence-corrected chi connectivity index (χ4v) is 2.66. The Kier molecular flexibility index (Phi) is 2.95. The molecule has 0 aliphatic carbocycles. The first-order valence-electron chi connectivity index (χ1n) is 6.32. The minimum atomic E-state index is -0.759. The number of rotatable bonds is 2. The Morgan fingerprint density at radius 1 is 1.50 bits per heavy atom. The summed E-state index contributed by atoms with van der Waals surface area (Å²) >= 11 is 0. The highest BCUT2D eigenvalue weighted by atomic mass is 16.8. The van der Waals surface area contributed by atoms with E-state index in [-0.39, 0.29) is 18.0 Å². The fourth-order valence-electron chi connectivity index (χ4n) is 2.66. The Hall–Kier alpha value is -1.66. The smallest absolute Gasteiger partial charge is 0.181 e. The van der Waals surface area contributed by atoms with E-state index < -0.39 is 30.3 Å². The van der Waals surface area contributed by atoms with Crippen LogP contribution in [0.2, 0.25) is 0 Å². The predicted octanol–water partition coefficient (Wildman–Crippen LogP) is -0.253. The standard InChI is InChI=1S/C12H16N4O4/c1-12(2)19-8-7(5-17)18-11(9(8)20-12)16-10(14)6(3-13)4-15-16/h4,7-9,11,17H,5,14H2,1-2H3/t7-,8?,9?,11-/m1/s1. The molecule has 8 heteroatoms. The van der Waals surface area contributed by atoms with E-state index in [9.17, 15) is 5.11 Å². The van der Waals surface area contributed by atoms with E-state index in [0.29, 0.717) is 0 Å². The zero-order valence-corrected chi connectivity index (χ0v) is 11.2. The largest absolute Gasteiger partial charge is 0.394 e. The zero-order valence-electron chi connectivity index (χ0n) is 11.2. The summed E-state index contributed by atoms with van der Waals surface area (Å²) in [5.74, 6) is -0.548. The molecule has 1 aromatic rings. The molecule has 3 rings (SSSR count). The van der Waals surface area contributed by atoms with Crippen molar-refractivity contribution < 1.29 is 19.3 Å². The lowest BCUT2D eigenvalue weighted by atomic mass is 10.1. The molecular weight excluding hydrogens is 264 g/mol. The first kappa shape index (κ1) is 13.3. The summed E-state index contributed by atoms with van der Waals surface area (Å²) in [7, 11) is 0. The molecule has 3 heterocycles. The number of aliphatic hydroxyl groups is 1. The van der Waals surface area contributed by atoms with Crippen LogP contribution in [0.15, 0.2) is 6.20 Å². The maximum absolute atomic E-state index is 9.39. The SMILES string of the molecule is CC1(C)OC2C(O1)[C@@H](CO)O[C@H]2n1ncc(C#N)c1N. The van der Waals surface area contributed by atoms with Gasteiger partial charge in [0.15, 0.2) is 12.0 Å². The molecule has 2 unspecified atom stereocenters. The van der Waals surface area contributed by atoms with Gasteiger partial charge < -0.3 is 25.1 Å². The number of nitrogens with two attached hydrogens (primary N) is 1. The molecule has 2 saturated heterocycles. The monoisotopic (exact) mass is 280 g/mol. The Labute approximate surface area is 115 Å². The summed E-state index contributed by atoms with van der Waals surface area (Å²) in [6, 6.07) is 1.95. The molecule has 4 atom stereocenters. The number of nitriles is 1. The van der Waals surface area contributed by atoms with Gasteiger partial charge in [-0.2, -0.15) is 10.4 Å². The van der Waals surface area contributed by atoms with Gasteiger partial charge >= 0.3 is 0 Å². The zero-order chi connectivity index (χ0) is 14.5. The number of hydrogen-bond donors (Lipinski definition) is 2. The van der Waals surface area contributed by atoms with Crippen molar-refractivity contribution in [1.29, 1.82) is 5.26 Å². The van der Waals surface area contributed by atoms with Crippen molar-refractivity contribution in [2.24, 2.45) is 0 Å². The Morgan fingerprint density at radius 2 is 2.20 bits per heavy atom. The van der Waals surface area contributed by atoms with Crippen molar-refractivity contribution in [3.63, 3.8) is 0 Å². The van der Waals surface area contributed by atoms with Crippen LogP contribution >= 0.6 is 0 Å². The summed E-state index contributed by atoms with van der Waals surface area (Å²) in [5, 5.41) is 22.4. The number of nitrogens with zero attached hydrogens (tertiary/aromatic N) is 3. The number of aliphatic hydroxyl groups excluding tert-OH is 1. The second kappa shape index (κ2) is 4.43. The molecular formula is C12H16N4O4. The molecule has 20 heavy (non-hydrogen) atoms. The number of hydrogen-bond acceptors (Lipinski definition) is 7. The summed E-state index contributed by atoms with van der Waals surface area (Å²) < 4.78 is 18.7. The first-order chi connectivity index (χ1) is 9.46. The van der Waals surface area contributed by atoms with E-state index in [0.717, 1.165) is 0 Å². The molecule has 0 bridgehead atoms. The molecule has 1 aromatic heterocycles. The summed E-state index contributed by atoms with van der Waals surface area (Å²) in [6.07, 6.45) is -0.590. The third-order valence-electron chi connectivity index (χ3n) is 3.50. The summed E-state index contributed by atoms with van der Waals surface area (Å²) in [5.41, 5.74) is 6.14. The van der Waals surface area contributed by atoms with Crippen LogP contribution in [0.3, 0.4) is 0 Å². The van der Waals surface area contributed by atoms with Gasteiger partial charge in [-0.05, 0) is 13.8 Å². The van der Waals surface area contributed by atoms with Crippen molar-refractivity contribution in [2.45, 2.75) is 44.2 Å². The minimum absolute atomic E-state index is 0.191. The van der Waals surface area contributed by atoms with E-state index in [1.54, 1.807) is 13.8 Å². The minimum Gasteiger partial charge on any atom is -0.394 e. The number of anilines is 1. The van der Waals surface area contributed by atoms with Crippen molar-refractivity contribution >= 4 is 5.82 Å². The van der Waals surface area contributed by atoms with Crippen LogP contribution in [0.4, 0.5) is 5.82 Å². The van der Waals surface area contributed by atoms with Crippen molar-refractivity contribution in [1.82, 2.24) is 9.78 Å². The van der Waals surface area contributed by atoms with Crippen LogP contribution in [0, 0.1) is 11.3 Å². The van der Waals surface area contributed by atoms with Crippen LogP contribution in [0.25, 0.3) is 0 Å². The molecule has 0 radical (unpaired) electrons. The van der Waals surface area contributed by atoms with Crippen LogP contribution in [-0.4, -0.2) is 45.6 Å². The molecule has 3 N–H and O–H groups in total. The molecule has 108 valence electrons. The molecule has 2 fully saturated rings. The number of ether oxygens (including phenoxy) is 3. The van der Waals surface area contributed by atoms with Gasteiger partial charge in [0.25, 0.3) is 0 Å². The van der Waals surface area contributed by atoms with Gasteiger partial charge in [0, 0.05) is 0 Å². The van der Waals surface area contributed by atoms with E-state index in [1.165, 1.54) is 10.9 Å². The van der Waals surface area contributed by atoms with Crippen LogP contribution < -0.4 is 5.73 Å². The second-order valence-corrected chi connectivity index (χ2v) is 5.31. The highest BCUT2D eigenvalue weighted by Gasteiger charge is 2.56. The van der Waals surface area contributed by atoms with E-state index in [4.69, 9.17) is 25.2 Å². The van der Waals surface area contributed by atoms with Gasteiger partial charge in [0.2, 0.25) is 0 Å². The van der Waals surface area contributed by atoms with E-state index >= 15 is 0 Å². The topological polar surface area (TPSA) is 116 Å². The van der Waals surface area contributed by atoms with E-state index in [1.807, 2.05) is 6.07 Å². The highest BCUT2D eigenvalue weighted by Crippen LogP contribution is 2.43. The third-order valence-corrected chi connectivity index (χ3v) is 3.50. The normalized spacial score (nSPS) is 34.9. The Bertz CT molecular complexity index is 564. The van der Waals surface area contributed by atoms with Crippen LogP contribution in [0.1, 0.15) is 25.6 Å². The Balaban J connectivity index is 1.94. The average Bonchev–Trinajstić information content (AvgIpc) is 3.00. The molecule has 0 amide bonds. The molecule has 2 aliphatic rings. The highest BCUT2D eigenvalue weighted by molar-refractivity contribution is 5.47. The predicted molar refractivity (Wildman–Crippen MR) is 66.2 cm³/mol. The molecule has 0 saturated carbocycles. The van der Waals surface area contributed by atoms with Crippen molar-refractivity contribution in [3.05, 3.63) is 11.8 Å². The number of fused-ring (bicyclic) bond motifs is 1. The molecule has 0 aromatic carbocycles. The molecule has 0 spiro atoms. The van der Waals surface area contributed by atoms with Crippen molar-refractivity contribution in [2.75, 3.05) is 12.3 Å². The summed E-state index contributed by atoms with van der Waals surface area (Å²) in [6.45, 7) is 3.40. The number of nitrogen functional groups attached to an aromatic ring is 1. The van der Waals surface area contributed by atoms with Gasteiger partial charge in [0.05, 0.1) is 12.8 Å². The van der Waals surface area contributed by atoms with Crippen LogP contribution in [-0.2, 0) is 14.2 Å². The number of aromatic nitrogens is 2. The Morgan fingerprint density at radius 3 is 2.80 bits per heavy atom. The maximum Gasteiger partial charge on any atom is 0.181 e. The first-order valence-corrected chi connectivity index (χ1v) is 6.32. The summed E-state index contributed by atoms with van der Waals surface area (Å²) in [4.78, 5) is 0. The van der Waals surface area contributed by atoms with Gasteiger partial charge in [-0.1, -0.05) is 0 Å². The van der Waals surface area contributed by atoms with Gasteiger partial charge in [-0.15, -0.1) is 0 Å². The fraction of sp³-hybridized carbons (Fsp3) is 0.667. The lowest BCUT2D eigenvalue weighted by Crippen LogP contribution is -2.31. The maximum atomic E-state index is 9.39. The van der Waals surface area contributed by atoms with E-state index in [2.05, 4.69) is 5.10 Å². The van der Waals surface area contributed by atoms with Crippen LogP contribution in [0.5, 0.6) is 0 Å². The van der Waals surface area contributed by atoms with Gasteiger partial charge in [-0.3, -0.25) is 0 Å². The third kappa shape index (κ3) is 1.87. The average molecular weight is 280 g/mol. The second-order valence-electron chi connectivity index (χ2n) is 5.31. The quantitative estimate of drug-likeness (QED) is 0.767. The molecule has 8 nitrogen and oxygen atoms in total.